The summed E-state index contributed by atoms with van der Waals surface area (Å²) in [6.07, 6.45) is 4.83. The molecule has 20 heavy (non-hydrogen) atoms. The Morgan fingerprint density at radius 3 is 3.05 bits per heavy atom. The number of phenols is 1. The van der Waals surface area contributed by atoms with Crippen molar-refractivity contribution in [2.45, 2.75) is 13.0 Å². The summed E-state index contributed by atoms with van der Waals surface area (Å²) in [5.74, 6) is 1.02. The van der Waals surface area contributed by atoms with Gasteiger partial charge in [0.25, 0.3) is 0 Å². The summed E-state index contributed by atoms with van der Waals surface area (Å²) >= 11 is 3.45. The summed E-state index contributed by atoms with van der Waals surface area (Å²) in [5.41, 5.74) is 3.97. The number of ether oxygens (including phenoxy) is 1. The Bertz CT molecular complexity index is 667. The number of alkyl halides is 1. The Kier molecular flexibility index (Phi) is 3.74. The van der Waals surface area contributed by atoms with E-state index in [0.717, 1.165) is 39.9 Å². The molecule has 2 heterocycles. The highest BCUT2D eigenvalue weighted by Gasteiger charge is 2.19. The topological polar surface area (TPSA) is 42.4 Å². The van der Waals surface area contributed by atoms with Crippen LogP contribution in [0.1, 0.15) is 23.2 Å². The van der Waals surface area contributed by atoms with Crippen LogP contribution in [0.3, 0.4) is 0 Å². The van der Waals surface area contributed by atoms with Crippen molar-refractivity contribution < 1.29 is 9.84 Å². The maximum absolute atomic E-state index is 9.76. The molecular weight excluding hydrogens is 318 g/mol. The van der Waals surface area contributed by atoms with Crippen LogP contribution in [0.5, 0.6) is 11.5 Å². The van der Waals surface area contributed by atoms with E-state index in [0.29, 0.717) is 6.61 Å². The van der Waals surface area contributed by atoms with Gasteiger partial charge in [-0.1, -0.05) is 28.1 Å². The van der Waals surface area contributed by atoms with E-state index in [9.17, 15) is 5.11 Å². The maximum atomic E-state index is 9.76. The average molecular weight is 332 g/mol. The smallest absolute Gasteiger partial charge is 0.131 e. The first-order valence-corrected chi connectivity index (χ1v) is 7.58. The number of aromatic hydroxyl groups is 1. The molecule has 4 heteroatoms. The van der Waals surface area contributed by atoms with Crippen LogP contribution in [0.25, 0.3) is 5.57 Å². The number of fused-ring (bicyclic) bond motifs is 2. The summed E-state index contributed by atoms with van der Waals surface area (Å²) in [7, 11) is 0. The fraction of sp³-hybridized carbons (Fsp3) is 0.188. The van der Waals surface area contributed by atoms with Crippen LogP contribution < -0.4 is 4.74 Å². The molecule has 3 nitrogen and oxygen atoms in total. The second-order valence-electron chi connectivity index (χ2n) is 4.56. The normalized spacial score (nSPS) is 15.2. The maximum Gasteiger partial charge on any atom is 0.131 e. The number of phenolic OH excluding ortho intramolecular Hbond substituents is 1. The van der Waals surface area contributed by atoms with Gasteiger partial charge in [-0.3, -0.25) is 4.98 Å². The molecule has 2 aromatic rings. The Morgan fingerprint density at radius 2 is 2.20 bits per heavy atom. The Balaban J connectivity index is 2.21. The first-order valence-electron chi connectivity index (χ1n) is 6.46. The van der Waals surface area contributed by atoms with E-state index in [1.165, 1.54) is 0 Å². The number of aromatic nitrogens is 1. The zero-order chi connectivity index (χ0) is 13.9. The van der Waals surface area contributed by atoms with E-state index in [4.69, 9.17) is 4.74 Å². The molecule has 1 aliphatic rings. The lowest BCUT2D eigenvalue weighted by Crippen LogP contribution is -1.98. The van der Waals surface area contributed by atoms with Crippen molar-refractivity contribution in [3.63, 3.8) is 0 Å². The predicted molar refractivity (Wildman–Crippen MR) is 82.2 cm³/mol. The van der Waals surface area contributed by atoms with E-state index in [1.807, 2.05) is 12.1 Å². The fourth-order valence-electron chi connectivity index (χ4n) is 2.36. The summed E-state index contributed by atoms with van der Waals surface area (Å²) in [5, 5.41) is 10.7. The van der Waals surface area contributed by atoms with Gasteiger partial charge in [0.1, 0.15) is 18.1 Å². The predicted octanol–water partition coefficient (Wildman–Crippen LogP) is 3.90. The molecule has 0 unspecified atom stereocenters. The Labute approximate surface area is 126 Å². The van der Waals surface area contributed by atoms with Crippen LogP contribution in [0.15, 0.2) is 42.6 Å². The van der Waals surface area contributed by atoms with Crippen molar-refractivity contribution in [3.8, 4) is 11.5 Å². The highest BCUT2D eigenvalue weighted by molar-refractivity contribution is 9.09. The van der Waals surface area contributed by atoms with Gasteiger partial charge < -0.3 is 9.84 Å². The number of halogens is 1. The minimum absolute atomic E-state index is 0.240. The number of nitrogens with zero attached hydrogens (tertiary/aromatic N) is 1. The van der Waals surface area contributed by atoms with Crippen LogP contribution in [0.2, 0.25) is 0 Å². The fourth-order valence-corrected chi connectivity index (χ4v) is 2.59. The van der Waals surface area contributed by atoms with Crippen molar-refractivity contribution in [1.82, 2.24) is 4.98 Å². The molecule has 1 aliphatic heterocycles. The number of hydrogen-bond acceptors (Lipinski definition) is 3. The number of benzene rings is 1. The molecule has 1 aromatic heterocycles. The minimum atomic E-state index is 0.240. The first kappa shape index (κ1) is 13.2. The van der Waals surface area contributed by atoms with Crippen molar-refractivity contribution in [2.75, 3.05) is 5.33 Å². The molecule has 0 atom stereocenters. The number of rotatable bonds is 2. The van der Waals surface area contributed by atoms with Crippen LogP contribution in [0, 0.1) is 0 Å². The van der Waals surface area contributed by atoms with Crippen LogP contribution in [-0.4, -0.2) is 15.4 Å². The zero-order valence-corrected chi connectivity index (χ0v) is 12.4. The van der Waals surface area contributed by atoms with Gasteiger partial charge in [-0.15, -0.1) is 0 Å². The summed E-state index contributed by atoms with van der Waals surface area (Å²) in [6, 6.07) is 9.17. The van der Waals surface area contributed by atoms with Crippen LogP contribution >= 0.6 is 15.9 Å². The van der Waals surface area contributed by atoms with E-state index in [1.54, 1.807) is 24.4 Å². The van der Waals surface area contributed by atoms with Crippen LogP contribution in [0.4, 0.5) is 0 Å². The molecule has 102 valence electrons. The first-order chi connectivity index (χ1) is 9.79. The molecular formula is C16H14BrNO2. The second kappa shape index (κ2) is 5.67. The molecule has 0 fully saturated rings. The third-order valence-electron chi connectivity index (χ3n) is 3.26. The summed E-state index contributed by atoms with van der Waals surface area (Å²) < 4.78 is 5.81. The van der Waals surface area contributed by atoms with Crippen LogP contribution in [-0.2, 0) is 6.61 Å². The van der Waals surface area contributed by atoms with E-state index in [-0.39, 0.29) is 5.75 Å². The molecule has 1 aromatic carbocycles. The SMILES string of the molecule is Oc1ccc2c(c1)/C(=C/CCBr)c1cccnc1CO2. The monoisotopic (exact) mass is 331 g/mol. The number of pyridine rings is 1. The number of allylic oxidation sites excluding steroid dienone is 1. The average Bonchev–Trinajstić information content (AvgIpc) is 2.62. The molecule has 0 bridgehead atoms. The van der Waals surface area contributed by atoms with Gasteiger partial charge in [0.15, 0.2) is 0 Å². The standard InChI is InChI=1S/C16H14BrNO2/c17-7-1-3-12-13-4-2-8-18-15(13)10-20-16-6-5-11(19)9-14(12)16/h2-6,8-9,19H,1,7,10H2/b12-3+. The molecule has 0 radical (unpaired) electrons. The molecule has 0 spiro atoms. The van der Waals surface area contributed by atoms with Gasteiger partial charge in [-0.25, -0.2) is 0 Å². The van der Waals surface area contributed by atoms with Gasteiger partial charge in [-0.05, 0) is 36.3 Å². The molecule has 3 rings (SSSR count). The van der Waals surface area contributed by atoms with Crippen molar-refractivity contribution in [3.05, 3.63) is 59.4 Å². The quantitative estimate of drug-likeness (QED) is 0.848. The Morgan fingerprint density at radius 1 is 1.30 bits per heavy atom. The van der Waals surface area contributed by atoms with Crippen molar-refractivity contribution >= 4 is 21.5 Å². The zero-order valence-electron chi connectivity index (χ0n) is 10.8. The van der Waals surface area contributed by atoms with Gasteiger partial charge in [0, 0.05) is 22.7 Å². The molecule has 0 amide bonds. The lowest BCUT2D eigenvalue weighted by atomic mass is 9.95. The molecule has 0 saturated carbocycles. The number of hydrogen-bond donors (Lipinski definition) is 1. The van der Waals surface area contributed by atoms with E-state index < -0.39 is 0 Å². The van der Waals surface area contributed by atoms with Gasteiger partial charge in [0.05, 0.1) is 5.69 Å². The van der Waals surface area contributed by atoms with E-state index >= 15 is 0 Å². The van der Waals surface area contributed by atoms with Gasteiger partial charge in [-0.2, -0.15) is 0 Å². The largest absolute Gasteiger partial charge is 0.508 e. The lowest BCUT2D eigenvalue weighted by molar-refractivity contribution is 0.302. The molecule has 1 N–H and O–H groups in total. The van der Waals surface area contributed by atoms with Gasteiger partial charge in [0.2, 0.25) is 0 Å². The summed E-state index contributed by atoms with van der Waals surface area (Å²) in [4.78, 5) is 4.40. The highest BCUT2D eigenvalue weighted by atomic mass is 79.9. The second-order valence-corrected chi connectivity index (χ2v) is 5.36. The van der Waals surface area contributed by atoms with Crippen molar-refractivity contribution in [2.24, 2.45) is 0 Å². The molecule has 0 saturated heterocycles. The third kappa shape index (κ3) is 2.43. The summed E-state index contributed by atoms with van der Waals surface area (Å²) in [6.45, 7) is 0.444. The molecule has 0 aliphatic carbocycles. The highest BCUT2D eigenvalue weighted by Crippen LogP contribution is 2.38. The lowest BCUT2D eigenvalue weighted by Gasteiger charge is -2.10. The Hall–Kier alpha value is -1.81. The third-order valence-corrected chi connectivity index (χ3v) is 3.71. The van der Waals surface area contributed by atoms with Gasteiger partial charge >= 0.3 is 0 Å². The minimum Gasteiger partial charge on any atom is -0.508 e. The van der Waals surface area contributed by atoms with Crippen molar-refractivity contribution in [1.29, 1.82) is 0 Å². The van der Waals surface area contributed by atoms with E-state index in [2.05, 4.69) is 27.0 Å².